The molecule has 1 N–H and O–H groups in total. The van der Waals surface area contributed by atoms with Crippen molar-refractivity contribution < 1.29 is 4.39 Å². The molecule has 0 saturated carbocycles. The van der Waals surface area contributed by atoms with E-state index in [2.05, 4.69) is 10.3 Å². The highest BCUT2D eigenvalue weighted by atomic mass is 19.1. The Labute approximate surface area is 104 Å². The van der Waals surface area contributed by atoms with Gasteiger partial charge in [-0.1, -0.05) is 12.1 Å². The summed E-state index contributed by atoms with van der Waals surface area (Å²) in [6, 6.07) is 6.07. The third-order valence-electron chi connectivity index (χ3n) is 2.72. The summed E-state index contributed by atoms with van der Waals surface area (Å²) in [7, 11) is 1.65. The first-order valence-electron chi connectivity index (χ1n) is 5.61. The molecule has 1 heterocycles. The maximum atomic E-state index is 13.1. The number of halogens is 1. The lowest BCUT2D eigenvalue weighted by atomic mass is 10.1. The van der Waals surface area contributed by atoms with Gasteiger partial charge in [-0.05, 0) is 24.6 Å². The molecule has 0 bridgehead atoms. The minimum absolute atomic E-state index is 0.191. The molecule has 18 heavy (non-hydrogen) atoms. The first-order chi connectivity index (χ1) is 8.58. The van der Waals surface area contributed by atoms with Crippen molar-refractivity contribution in [1.29, 1.82) is 0 Å². The number of benzene rings is 1. The number of rotatable bonds is 3. The van der Waals surface area contributed by atoms with E-state index in [1.165, 1.54) is 16.7 Å². The summed E-state index contributed by atoms with van der Waals surface area (Å²) in [5.41, 5.74) is 0.559. The predicted octanol–water partition coefficient (Wildman–Crippen LogP) is 2.09. The van der Waals surface area contributed by atoms with Gasteiger partial charge in [0.1, 0.15) is 5.82 Å². The van der Waals surface area contributed by atoms with Crippen LogP contribution >= 0.6 is 0 Å². The van der Waals surface area contributed by atoms with Gasteiger partial charge in [0.25, 0.3) is 5.56 Å². The number of hydrogen-bond donors (Lipinski definition) is 1. The Morgan fingerprint density at radius 2 is 2.22 bits per heavy atom. The smallest absolute Gasteiger partial charge is 0.293 e. The van der Waals surface area contributed by atoms with Gasteiger partial charge in [0.15, 0.2) is 5.82 Å². The fourth-order valence-corrected chi connectivity index (χ4v) is 1.66. The summed E-state index contributed by atoms with van der Waals surface area (Å²) >= 11 is 0. The van der Waals surface area contributed by atoms with Gasteiger partial charge in [0.2, 0.25) is 0 Å². The van der Waals surface area contributed by atoms with Gasteiger partial charge >= 0.3 is 0 Å². The number of hydrogen-bond acceptors (Lipinski definition) is 3. The van der Waals surface area contributed by atoms with Gasteiger partial charge in [-0.3, -0.25) is 4.79 Å². The van der Waals surface area contributed by atoms with Crippen LogP contribution in [0.4, 0.5) is 10.2 Å². The molecule has 0 fully saturated rings. The summed E-state index contributed by atoms with van der Waals surface area (Å²) in [6.07, 6.45) is 3.13. The molecular weight excluding hydrogens is 233 g/mol. The summed E-state index contributed by atoms with van der Waals surface area (Å²) in [6.45, 7) is 1.85. The van der Waals surface area contributed by atoms with Gasteiger partial charge in [0.05, 0.1) is 6.04 Å². The molecule has 1 unspecified atom stereocenters. The van der Waals surface area contributed by atoms with E-state index >= 15 is 0 Å². The maximum absolute atomic E-state index is 13.1. The van der Waals surface area contributed by atoms with E-state index in [1.807, 2.05) is 6.92 Å². The monoisotopic (exact) mass is 247 g/mol. The van der Waals surface area contributed by atoms with Crippen molar-refractivity contribution in [3.63, 3.8) is 0 Å². The lowest BCUT2D eigenvalue weighted by Gasteiger charge is -2.14. The average Bonchev–Trinajstić information content (AvgIpc) is 2.35. The van der Waals surface area contributed by atoms with Crippen LogP contribution in [0.1, 0.15) is 18.5 Å². The lowest BCUT2D eigenvalue weighted by molar-refractivity contribution is 0.623. The molecule has 0 radical (unpaired) electrons. The minimum atomic E-state index is -0.296. The van der Waals surface area contributed by atoms with Crippen LogP contribution in [-0.2, 0) is 7.05 Å². The Bertz CT molecular complexity index is 609. The van der Waals surface area contributed by atoms with Crippen LogP contribution in [0.15, 0.2) is 41.5 Å². The first-order valence-corrected chi connectivity index (χ1v) is 5.61. The zero-order valence-electron chi connectivity index (χ0n) is 10.2. The lowest BCUT2D eigenvalue weighted by Crippen LogP contribution is -2.23. The average molecular weight is 247 g/mol. The number of nitrogens with zero attached hydrogens (tertiary/aromatic N) is 2. The Morgan fingerprint density at radius 1 is 1.44 bits per heavy atom. The molecule has 0 saturated heterocycles. The Kier molecular flexibility index (Phi) is 3.41. The van der Waals surface area contributed by atoms with E-state index in [9.17, 15) is 9.18 Å². The summed E-state index contributed by atoms with van der Waals surface area (Å²) in [5.74, 6) is -0.0353. The van der Waals surface area contributed by atoms with Crippen molar-refractivity contribution in [2.24, 2.45) is 7.05 Å². The van der Waals surface area contributed by atoms with Crippen LogP contribution in [0, 0.1) is 5.82 Å². The van der Waals surface area contributed by atoms with Crippen molar-refractivity contribution in [2.75, 3.05) is 5.32 Å². The van der Waals surface area contributed by atoms with Crippen LogP contribution in [0.5, 0.6) is 0 Å². The van der Waals surface area contributed by atoms with Gasteiger partial charge in [0, 0.05) is 19.4 Å². The molecule has 1 aromatic carbocycles. The highest BCUT2D eigenvalue weighted by Crippen LogP contribution is 2.16. The van der Waals surface area contributed by atoms with Crippen LogP contribution in [0.2, 0.25) is 0 Å². The molecule has 1 atom stereocenters. The molecule has 2 rings (SSSR count). The standard InChI is InChI=1S/C13H14FN3O/c1-9(10-4-3-5-11(14)8-10)16-12-13(18)17(2)7-6-15-12/h3-9H,1-2H3,(H,15,16). The highest BCUT2D eigenvalue weighted by Gasteiger charge is 2.09. The first kappa shape index (κ1) is 12.3. The molecule has 0 aliphatic heterocycles. The number of nitrogens with one attached hydrogen (secondary N) is 1. The maximum Gasteiger partial charge on any atom is 0.293 e. The minimum Gasteiger partial charge on any atom is -0.359 e. The van der Waals surface area contributed by atoms with Crippen molar-refractivity contribution in [2.45, 2.75) is 13.0 Å². The SMILES string of the molecule is CC(Nc1nccn(C)c1=O)c1cccc(F)c1. The van der Waals surface area contributed by atoms with Crippen LogP contribution in [0.25, 0.3) is 0 Å². The number of aryl methyl sites for hydroxylation is 1. The van der Waals surface area contributed by atoms with Gasteiger partial charge in [-0.2, -0.15) is 0 Å². The molecule has 94 valence electrons. The van der Waals surface area contributed by atoms with Crippen molar-refractivity contribution in [3.8, 4) is 0 Å². The van der Waals surface area contributed by atoms with Gasteiger partial charge < -0.3 is 9.88 Å². The molecule has 1 aromatic heterocycles. The van der Waals surface area contributed by atoms with Crippen LogP contribution < -0.4 is 10.9 Å². The Hall–Kier alpha value is -2.17. The molecular formula is C13H14FN3O. The summed E-state index contributed by atoms with van der Waals surface area (Å²) in [4.78, 5) is 15.8. The molecule has 0 aliphatic carbocycles. The summed E-state index contributed by atoms with van der Waals surface area (Å²) in [5, 5.41) is 2.98. The molecule has 2 aromatic rings. The van der Waals surface area contributed by atoms with E-state index in [0.717, 1.165) is 5.56 Å². The van der Waals surface area contributed by atoms with E-state index in [0.29, 0.717) is 0 Å². The predicted molar refractivity (Wildman–Crippen MR) is 67.9 cm³/mol. The largest absolute Gasteiger partial charge is 0.359 e. The second-order valence-corrected chi connectivity index (χ2v) is 4.11. The molecule has 0 aliphatic rings. The van der Waals surface area contributed by atoms with Gasteiger partial charge in [-0.15, -0.1) is 0 Å². The second-order valence-electron chi connectivity index (χ2n) is 4.11. The normalized spacial score (nSPS) is 12.2. The quantitative estimate of drug-likeness (QED) is 0.903. The van der Waals surface area contributed by atoms with E-state index < -0.39 is 0 Å². The van der Waals surface area contributed by atoms with Crippen molar-refractivity contribution in [3.05, 3.63) is 58.4 Å². The molecule has 4 nitrogen and oxygen atoms in total. The van der Waals surface area contributed by atoms with E-state index in [1.54, 1.807) is 31.6 Å². The Morgan fingerprint density at radius 3 is 2.94 bits per heavy atom. The third kappa shape index (κ3) is 2.56. The number of aromatic nitrogens is 2. The molecule has 0 spiro atoms. The fraction of sp³-hybridized carbons (Fsp3) is 0.231. The van der Waals surface area contributed by atoms with Gasteiger partial charge in [-0.25, -0.2) is 9.37 Å². The van der Waals surface area contributed by atoms with Crippen LogP contribution in [0.3, 0.4) is 0 Å². The third-order valence-corrected chi connectivity index (χ3v) is 2.72. The Balaban J connectivity index is 2.24. The second kappa shape index (κ2) is 5.00. The molecule has 0 amide bonds. The van der Waals surface area contributed by atoms with Crippen molar-refractivity contribution in [1.82, 2.24) is 9.55 Å². The van der Waals surface area contributed by atoms with E-state index in [-0.39, 0.29) is 23.2 Å². The fourth-order valence-electron chi connectivity index (χ4n) is 1.66. The number of anilines is 1. The van der Waals surface area contributed by atoms with E-state index in [4.69, 9.17) is 0 Å². The highest BCUT2D eigenvalue weighted by molar-refractivity contribution is 5.35. The topological polar surface area (TPSA) is 46.9 Å². The zero-order chi connectivity index (χ0) is 13.1. The van der Waals surface area contributed by atoms with Crippen molar-refractivity contribution >= 4 is 5.82 Å². The zero-order valence-corrected chi connectivity index (χ0v) is 10.2. The van der Waals surface area contributed by atoms with Crippen LogP contribution in [-0.4, -0.2) is 9.55 Å². The summed E-state index contributed by atoms with van der Waals surface area (Å²) < 4.78 is 14.5. The molecule has 5 heteroatoms.